The van der Waals surface area contributed by atoms with E-state index >= 15 is 0 Å². The molecular weight excluding hydrogens is 194 g/mol. The lowest BCUT2D eigenvalue weighted by molar-refractivity contribution is -0.122. The molecule has 0 aromatic carbocycles. The third kappa shape index (κ3) is 3.87. The van der Waals surface area contributed by atoms with Crippen molar-refractivity contribution in [3.63, 3.8) is 0 Å². The second kappa shape index (κ2) is 5.11. The molecule has 2 atom stereocenters. The number of hydrogen-bond acceptors (Lipinski definition) is 3. The van der Waals surface area contributed by atoms with E-state index < -0.39 is 0 Å². The highest BCUT2D eigenvalue weighted by Gasteiger charge is 2.23. The summed E-state index contributed by atoms with van der Waals surface area (Å²) >= 11 is 0. The van der Waals surface area contributed by atoms with E-state index in [4.69, 9.17) is 5.73 Å². The van der Waals surface area contributed by atoms with Gasteiger partial charge in [0.2, 0.25) is 11.8 Å². The first kappa shape index (κ1) is 12.0. The number of carbonyl (C=O) groups is 2. The molecule has 4 N–H and O–H groups in total. The molecule has 2 unspecified atom stereocenters. The third-order valence-electron chi connectivity index (χ3n) is 2.62. The minimum absolute atomic E-state index is 0.00606. The summed E-state index contributed by atoms with van der Waals surface area (Å²) in [7, 11) is 0. The van der Waals surface area contributed by atoms with Gasteiger partial charge in [-0.3, -0.25) is 9.59 Å². The molecule has 5 nitrogen and oxygen atoms in total. The minimum Gasteiger partial charge on any atom is -0.354 e. The van der Waals surface area contributed by atoms with Crippen LogP contribution in [-0.4, -0.2) is 30.4 Å². The van der Waals surface area contributed by atoms with Crippen LogP contribution in [0.3, 0.4) is 0 Å². The van der Waals surface area contributed by atoms with Crippen LogP contribution < -0.4 is 16.4 Å². The van der Waals surface area contributed by atoms with E-state index in [1.807, 2.05) is 13.8 Å². The van der Waals surface area contributed by atoms with Crippen molar-refractivity contribution in [3.05, 3.63) is 0 Å². The van der Waals surface area contributed by atoms with Gasteiger partial charge in [0.25, 0.3) is 0 Å². The fourth-order valence-electron chi connectivity index (χ4n) is 1.44. The van der Waals surface area contributed by atoms with Gasteiger partial charge in [-0.15, -0.1) is 0 Å². The maximum absolute atomic E-state index is 11.5. The molecule has 15 heavy (non-hydrogen) atoms. The van der Waals surface area contributed by atoms with Gasteiger partial charge in [0, 0.05) is 25.4 Å². The Bertz CT molecular complexity index is 253. The maximum atomic E-state index is 11.5. The van der Waals surface area contributed by atoms with E-state index in [-0.39, 0.29) is 23.9 Å². The Morgan fingerprint density at radius 1 is 1.67 bits per heavy atom. The number of nitrogens with one attached hydrogen (secondary N) is 2. The van der Waals surface area contributed by atoms with Crippen LogP contribution in [-0.2, 0) is 9.59 Å². The van der Waals surface area contributed by atoms with E-state index in [0.29, 0.717) is 25.3 Å². The molecule has 1 saturated heterocycles. The first-order chi connectivity index (χ1) is 6.99. The van der Waals surface area contributed by atoms with Crippen LogP contribution in [0.15, 0.2) is 0 Å². The van der Waals surface area contributed by atoms with E-state index in [0.717, 1.165) is 0 Å². The SMILES string of the molecule is CC(C)C(N)CC(=O)NC1CNC(=O)C1. The smallest absolute Gasteiger partial charge is 0.222 e. The Balaban J connectivity index is 2.27. The van der Waals surface area contributed by atoms with E-state index in [1.165, 1.54) is 0 Å². The van der Waals surface area contributed by atoms with E-state index in [9.17, 15) is 9.59 Å². The molecule has 0 aliphatic carbocycles. The zero-order chi connectivity index (χ0) is 11.4. The average molecular weight is 213 g/mol. The van der Waals surface area contributed by atoms with Crippen LogP contribution in [0, 0.1) is 5.92 Å². The van der Waals surface area contributed by atoms with Crippen molar-refractivity contribution >= 4 is 11.8 Å². The van der Waals surface area contributed by atoms with Crippen LogP contribution in [0.2, 0.25) is 0 Å². The van der Waals surface area contributed by atoms with Crippen LogP contribution in [0.1, 0.15) is 26.7 Å². The van der Waals surface area contributed by atoms with Crippen molar-refractivity contribution in [1.29, 1.82) is 0 Å². The van der Waals surface area contributed by atoms with Gasteiger partial charge < -0.3 is 16.4 Å². The van der Waals surface area contributed by atoms with Crippen LogP contribution in [0.25, 0.3) is 0 Å². The van der Waals surface area contributed by atoms with Gasteiger partial charge in [-0.1, -0.05) is 13.8 Å². The number of hydrogen-bond donors (Lipinski definition) is 3. The molecule has 1 fully saturated rings. The highest BCUT2D eigenvalue weighted by molar-refractivity contribution is 5.82. The molecule has 0 saturated carbocycles. The second-order valence-corrected chi connectivity index (χ2v) is 4.38. The highest BCUT2D eigenvalue weighted by atomic mass is 16.2. The lowest BCUT2D eigenvalue weighted by atomic mass is 10.0. The summed E-state index contributed by atoms with van der Waals surface area (Å²) in [4.78, 5) is 22.4. The largest absolute Gasteiger partial charge is 0.354 e. The highest BCUT2D eigenvalue weighted by Crippen LogP contribution is 2.04. The topological polar surface area (TPSA) is 84.2 Å². The molecule has 1 rings (SSSR count). The Kier molecular flexibility index (Phi) is 4.08. The molecular formula is C10H19N3O2. The summed E-state index contributed by atoms with van der Waals surface area (Å²) in [5.74, 6) is 0.213. The van der Waals surface area contributed by atoms with Crippen LogP contribution in [0.5, 0.6) is 0 Å². The van der Waals surface area contributed by atoms with Gasteiger partial charge >= 0.3 is 0 Å². The number of nitrogens with two attached hydrogens (primary N) is 1. The monoisotopic (exact) mass is 213 g/mol. The van der Waals surface area contributed by atoms with Crippen molar-refractivity contribution < 1.29 is 9.59 Å². The number of rotatable bonds is 4. The molecule has 1 aliphatic heterocycles. The summed E-state index contributed by atoms with van der Waals surface area (Å²) in [5.41, 5.74) is 5.78. The number of carbonyl (C=O) groups excluding carboxylic acids is 2. The molecule has 5 heteroatoms. The Morgan fingerprint density at radius 3 is 2.80 bits per heavy atom. The summed E-state index contributed by atoms with van der Waals surface area (Å²) in [6.45, 7) is 4.50. The zero-order valence-electron chi connectivity index (χ0n) is 9.25. The van der Waals surface area contributed by atoms with Crippen molar-refractivity contribution in [2.24, 2.45) is 11.7 Å². The van der Waals surface area contributed by atoms with Crippen molar-refractivity contribution in [2.75, 3.05) is 6.54 Å². The predicted octanol–water partition coefficient (Wildman–Crippen LogP) is -0.635. The summed E-state index contributed by atoms with van der Waals surface area (Å²) in [6, 6.07) is -0.181. The fraction of sp³-hybridized carbons (Fsp3) is 0.800. The summed E-state index contributed by atoms with van der Waals surface area (Å²) in [6.07, 6.45) is 0.699. The molecule has 0 aromatic heterocycles. The molecule has 86 valence electrons. The lowest BCUT2D eigenvalue weighted by Gasteiger charge is -2.16. The van der Waals surface area contributed by atoms with Gasteiger partial charge in [0.15, 0.2) is 0 Å². The fourth-order valence-corrected chi connectivity index (χ4v) is 1.44. The minimum atomic E-state index is -0.116. The summed E-state index contributed by atoms with van der Waals surface area (Å²) < 4.78 is 0. The molecule has 1 heterocycles. The first-order valence-corrected chi connectivity index (χ1v) is 5.30. The van der Waals surface area contributed by atoms with Gasteiger partial charge in [-0.2, -0.15) is 0 Å². The normalized spacial score (nSPS) is 22.7. The van der Waals surface area contributed by atoms with Crippen LogP contribution in [0.4, 0.5) is 0 Å². The average Bonchev–Trinajstić information content (AvgIpc) is 2.50. The number of amides is 2. The molecule has 0 radical (unpaired) electrons. The lowest BCUT2D eigenvalue weighted by Crippen LogP contribution is -2.40. The maximum Gasteiger partial charge on any atom is 0.222 e. The van der Waals surface area contributed by atoms with Crippen molar-refractivity contribution in [1.82, 2.24) is 10.6 Å². The summed E-state index contributed by atoms with van der Waals surface area (Å²) in [5, 5.41) is 5.46. The Labute approximate surface area is 89.8 Å². The first-order valence-electron chi connectivity index (χ1n) is 5.30. The van der Waals surface area contributed by atoms with Crippen molar-refractivity contribution in [3.8, 4) is 0 Å². The Hall–Kier alpha value is -1.10. The zero-order valence-corrected chi connectivity index (χ0v) is 9.25. The quantitative estimate of drug-likeness (QED) is 0.581. The predicted molar refractivity (Wildman–Crippen MR) is 57.0 cm³/mol. The molecule has 0 aromatic rings. The van der Waals surface area contributed by atoms with Gasteiger partial charge in [0.1, 0.15) is 0 Å². The molecule has 2 amide bonds. The molecule has 0 spiro atoms. The molecule has 0 bridgehead atoms. The van der Waals surface area contributed by atoms with E-state index in [1.54, 1.807) is 0 Å². The van der Waals surface area contributed by atoms with Gasteiger partial charge in [-0.05, 0) is 5.92 Å². The Morgan fingerprint density at radius 2 is 2.33 bits per heavy atom. The van der Waals surface area contributed by atoms with Gasteiger partial charge in [0.05, 0.1) is 6.04 Å². The standard InChI is InChI=1S/C10H19N3O2/c1-6(2)8(11)4-10(15)13-7-3-9(14)12-5-7/h6-8H,3-5,11H2,1-2H3,(H,12,14)(H,13,15). The van der Waals surface area contributed by atoms with Gasteiger partial charge in [-0.25, -0.2) is 0 Å². The van der Waals surface area contributed by atoms with Crippen LogP contribution >= 0.6 is 0 Å². The third-order valence-corrected chi connectivity index (χ3v) is 2.62. The van der Waals surface area contributed by atoms with Crippen molar-refractivity contribution in [2.45, 2.75) is 38.8 Å². The van der Waals surface area contributed by atoms with E-state index in [2.05, 4.69) is 10.6 Å². The molecule has 1 aliphatic rings. The second-order valence-electron chi connectivity index (χ2n) is 4.38.